The quantitative estimate of drug-likeness (QED) is 0.592. The summed E-state index contributed by atoms with van der Waals surface area (Å²) in [4.78, 5) is 12.2. The largest absolute Gasteiger partial charge is 0.489 e. The van der Waals surface area contributed by atoms with Gasteiger partial charge in [0, 0.05) is 29.9 Å². The molecule has 2 aromatic carbocycles. The molecule has 1 amide bonds. The molecule has 3 aromatic rings. The molecule has 0 aliphatic rings. The van der Waals surface area contributed by atoms with Gasteiger partial charge in [-0.2, -0.15) is 5.10 Å². The number of carbonyl (C=O) groups is 1. The molecule has 1 heterocycles. The lowest BCUT2D eigenvalue weighted by atomic mass is 10.1. The molecular weight excluding hydrogens is 362 g/mol. The van der Waals surface area contributed by atoms with Gasteiger partial charge in [0.1, 0.15) is 12.4 Å². The third kappa shape index (κ3) is 5.86. The highest BCUT2D eigenvalue weighted by molar-refractivity contribution is 6.30. The van der Waals surface area contributed by atoms with E-state index in [1.54, 1.807) is 12.1 Å². The van der Waals surface area contributed by atoms with Crippen molar-refractivity contribution in [2.45, 2.75) is 26.5 Å². The molecule has 0 saturated carbocycles. The smallest absolute Gasteiger partial charge is 0.251 e. The Morgan fingerprint density at radius 2 is 2.00 bits per heavy atom. The van der Waals surface area contributed by atoms with E-state index in [9.17, 15) is 4.79 Å². The van der Waals surface area contributed by atoms with Crippen LogP contribution in [0, 0.1) is 6.92 Å². The minimum atomic E-state index is -0.0750. The number of ether oxygens (including phenoxy) is 1. The van der Waals surface area contributed by atoms with Crippen molar-refractivity contribution in [1.29, 1.82) is 0 Å². The number of halogens is 1. The van der Waals surface area contributed by atoms with Gasteiger partial charge >= 0.3 is 0 Å². The number of aryl methyl sites for hydroxylation is 2. The second-order valence-electron chi connectivity index (χ2n) is 6.27. The van der Waals surface area contributed by atoms with E-state index < -0.39 is 0 Å². The molecule has 0 bridgehead atoms. The molecule has 6 heteroatoms. The molecule has 0 aliphatic carbocycles. The summed E-state index contributed by atoms with van der Waals surface area (Å²) in [5.74, 6) is 0.644. The molecule has 0 atom stereocenters. The normalized spacial score (nSPS) is 10.6. The maximum absolute atomic E-state index is 12.2. The van der Waals surface area contributed by atoms with Crippen molar-refractivity contribution in [2.75, 3.05) is 6.54 Å². The van der Waals surface area contributed by atoms with E-state index in [2.05, 4.69) is 10.4 Å². The van der Waals surface area contributed by atoms with E-state index in [0.29, 0.717) is 23.7 Å². The van der Waals surface area contributed by atoms with E-state index in [0.717, 1.165) is 30.0 Å². The fraction of sp³-hybridized carbons (Fsp3) is 0.238. The monoisotopic (exact) mass is 383 g/mol. The number of nitrogens with zero attached hydrogens (tertiary/aromatic N) is 2. The Labute approximate surface area is 163 Å². The number of hydrogen-bond acceptors (Lipinski definition) is 3. The van der Waals surface area contributed by atoms with Crippen LogP contribution in [-0.2, 0) is 13.2 Å². The first-order valence-electron chi connectivity index (χ1n) is 8.86. The van der Waals surface area contributed by atoms with Crippen LogP contribution in [0.25, 0.3) is 0 Å². The number of amides is 1. The molecule has 0 radical (unpaired) electrons. The highest BCUT2D eigenvalue weighted by Gasteiger charge is 2.05. The van der Waals surface area contributed by atoms with Crippen molar-refractivity contribution in [2.24, 2.45) is 0 Å². The van der Waals surface area contributed by atoms with Gasteiger partial charge in [-0.05, 0) is 55.3 Å². The zero-order valence-electron chi connectivity index (χ0n) is 15.2. The molecule has 0 aliphatic heterocycles. The maximum atomic E-state index is 12.2. The Hall–Kier alpha value is -2.79. The number of hydrogen-bond donors (Lipinski definition) is 1. The third-order valence-electron chi connectivity index (χ3n) is 4.04. The predicted molar refractivity (Wildman–Crippen MR) is 106 cm³/mol. The van der Waals surface area contributed by atoms with E-state index in [1.807, 2.05) is 60.3 Å². The fourth-order valence-electron chi connectivity index (χ4n) is 2.61. The number of carbonyl (C=O) groups excluding carboxylic acids is 1. The van der Waals surface area contributed by atoms with Crippen molar-refractivity contribution < 1.29 is 9.53 Å². The molecule has 5 nitrogen and oxygen atoms in total. The van der Waals surface area contributed by atoms with Gasteiger partial charge in [-0.15, -0.1) is 0 Å². The van der Waals surface area contributed by atoms with Gasteiger partial charge in [0.25, 0.3) is 5.91 Å². The topological polar surface area (TPSA) is 56.2 Å². The summed E-state index contributed by atoms with van der Waals surface area (Å²) < 4.78 is 7.59. The van der Waals surface area contributed by atoms with Crippen molar-refractivity contribution in [3.05, 3.63) is 82.6 Å². The van der Waals surface area contributed by atoms with Crippen LogP contribution in [0.5, 0.6) is 5.75 Å². The Kier molecular flexibility index (Phi) is 6.49. The van der Waals surface area contributed by atoms with E-state index >= 15 is 0 Å². The third-order valence-corrected chi connectivity index (χ3v) is 4.28. The molecule has 1 N–H and O–H groups in total. The zero-order valence-corrected chi connectivity index (χ0v) is 15.9. The van der Waals surface area contributed by atoms with Gasteiger partial charge in [0.15, 0.2) is 0 Å². The van der Waals surface area contributed by atoms with Crippen LogP contribution in [0.3, 0.4) is 0 Å². The highest BCUT2D eigenvalue weighted by atomic mass is 35.5. The Morgan fingerprint density at radius 3 is 2.70 bits per heavy atom. The first-order chi connectivity index (χ1) is 13.1. The lowest BCUT2D eigenvalue weighted by Gasteiger charge is -2.08. The average Bonchev–Trinajstić information content (AvgIpc) is 3.09. The zero-order chi connectivity index (χ0) is 19.1. The van der Waals surface area contributed by atoms with Gasteiger partial charge < -0.3 is 10.1 Å². The molecule has 0 fully saturated rings. The van der Waals surface area contributed by atoms with Crippen molar-refractivity contribution in [1.82, 2.24) is 15.1 Å². The predicted octanol–water partition coefficient (Wildman–Crippen LogP) is 4.24. The first kappa shape index (κ1) is 19.0. The van der Waals surface area contributed by atoms with Crippen LogP contribution in [0.15, 0.2) is 60.8 Å². The summed E-state index contributed by atoms with van der Waals surface area (Å²) in [5.41, 5.74) is 2.62. The molecular formula is C21H22ClN3O2. The summed E-state index contributed by atoms with van der Waals surface area (Å²) in [6.45, 7) is 3.78. The summed E-state index contributed by atoms with van der Waals surface area (Å²) in [5, 5.41) is 7.90. The van der Waals surface area contributed by atoms with Gasteiger partial charge in [0.2, 0.25) is 0 Å². The summed E-state index contributed by atoms with van der Waals surface area (Å²) >= 11 is 5.94. The molecule has 0 saturated heterocycles. The van der Waals surface area contributed by atoms with Crippen LogP contribution >= 0.6 is 11.6 Å². The molecule has 1 aromatic heterocycles. The summed E-state index contributed by atoms with van der Waals surface area (Å²) in [6.07, 6.45) is 2.78. The van der Waals surface area contributed by atoms with Crippen molar-refractivity contribution in [3.8, 4) is 5.75 Å². The fourth-order valence-corrected chi connectivity index (χ4v) is 2.79. The molecule has 27 heavy (non-hydrogen) atoms. The second kappa shape index (κ2) is 9.24. The lowest BCUT2D eigenvalue weighted by molar-refractivity contribution is 0.0952. The number of nitrogens with one attached hydrogen (secondary N) is 1. The van der Waals surface area contributed by atoms with Crippen LogP contribution in [0.2, 0.25) is 5.02 Å². The van der Waals surface area contributed by atoms with Gasteiger partial charge in [0.05, 0.1) is 5.69 Å². The average molecular weight is 384 g/mol. The van der Waals surface area contributed by atoms with Crippen LogP contribution in [0.4, 0.5) is 0 Å². The molecule has 0 unspecified atom stereocenters. The Balaban J connectivity index is 1.42. The highest BCUT2D eigenvalue weighted by Crippen LogP contribution is 2.18. The van der Waals surface area contributed by atoms with Gasteiger partial charge in [-0.1, -0.05) is 29.8 Å². The first-order valence-corrected chi connectivity index (χ1v) is 9.23. The van der Waals surface area contributed by atoms with Gasteiger partial charge in [-0.25, -0.2) is 0 Å². The van der Waals surface area contributed by atoms with E-state index in [4.69, 9.17) is 16.3 Å². The van der Waals surface area contributed by atoms with Crippen LogP contribution in [0.1, 0.15) is 28.0 Å². The molecule has 3 rings (SSSR count). The molecule has 0 spiro atoms. The van der Waals surface area contributed by atoms with Crippen LogP contribution in [-0.4, -0.2) is 22.2 Å². The molecule has 140 valence electrons. The number of rotatable bonds is 8. The standard InChI is InChI=1S/C21H22ClN3O2/c1-16-10-13-25(24-16)12-3-11-23-21(26)18-8-6-17(7-9-18)15-27-20-5-2-4-19(22)14-20/h2,4-10,13-14H,3,11-12,15H2,1H3,(H,23,26). The van der Waals surface area contributed by atoms with Crippen molar-refractivity contribution in [3.63, 3.8) is 0 Å². The summed E-state index contributed by atoms with van der Waals surface area (Å²) in [7, 11) is 0. The van der Waals surface area contributed by atoms with Gasteiger partial charge in [-0.3, -0.25) is 9.48 Å². The lowest BCUT2D eigenvalue weighted by Crippen LogP contribution is -2.25. The van der Waals surface area contributed by atoms with E-state index in [-0.39, 0.29) is 5.91 Å². The Morgan fingerprint density at radius 1 is 1.19 bits per heavy atom. The minimum Gasteiger partial charge on any atom is -0.489 e. The SMILES string of the molecule is Cc1ccn(CCCNC(=O)c2ccc(COc3cccc(Cl)c3)cc2)n1. The van der Waals surface area contributed by atoms with Crippen LogP contribution < -0.4 is 10.1 Å². The Bertz CT molecular complexity index is 890. The summed E-state index contributed by atoms with van der Waals surface area (Å²) in [6, 6.07) is 16.7. The second-order valence-corrected chi connectivity index (χ2v) is 6.71. The number of aromatic nitrogens is 2. The van der Waals surface area contributed by atoms with E-state index in [1.165, 1.54) is 0 Å². The van der Waals surface area contributed by atoms with Crippen molar-refractivity contribution >= 4 is 17.5 Å². The minimum absolute atomic E-state index is 0.0750. The number of benzene rings is 2. The maximum Gasteiger partial charge on any atom is 0.251 e.